The Morgan fingerprint density at radius 3 is 2.03 bits per heavy atom. The maximum atomic E-state index is 12.9. The first-order valence-corrected chi connectivity index (χ1v) is 8.42. The highest BCUT2D eigenvalue weighted by Crippen LogP contribution is 2.29. The molecule has 0 unspecified atom stereocenters. The van der Waals surface area contributed by atoms with Crippen molar-refractivity contribution in [3.8, 4) is 0 Å². The summed E-state index contributed by atoms with van der Waals surface area (Å²) in [7, 11) is 2.21. The maximum absolute atomic E-state index is 12.9. The second-order valence-corrected chi connectivity index (χ2v) is 6.25. The zero-order valence-electron chi connectivity index (χ0n) is 15.5. The normalized spacial score (nSPS) is 11.0. The molecule has 2 aromatic rings. The summed E-state index contributed by atoms with van der Waals surface area (Å²) in [5, 5.41) is 1.59. The smallest absolute Gasteiger partial charge is 0.417 e. The molecule has 0 atom stereocenters. The first-order valence-electron chi connectivity index (χ1n) is 8.05. The fourth-order valence-electron chi connectivity index (χ4n) is 2.40. The Hall–Kier alpha value is -3.34. The topological polar surface area (TPSA) is 104 Å². The number of aromatic nitrogens is 1. The number of nitrogens with one attached hydrogen (secondary N) is 1. The number of methoxy groups -OCH3 is 2. The Balaban J connectivity index is 2.35. The Morgan fingerprint density at radius 2 is 1.57 bits per heavy atom. The van der Waals surface area contributed by atoms with Gasteiger partial charge in [0.25, 0.3) is 5.56 Å². The Kier molecular flexibility index (Phi) is 6.88. The number of amides is 1. The molecule has 12 heteroatoms. The average molecular weight is 447 g/mol. The molecule has 0 fully saturated rings. The van der Waals surface area contributed by atoms with Gasteiger partial charge >= 0.3 is 18.1 Å². The van der Waals surface area contributed by atoms with E-state index >= 15 is 0 Å². The van der Waals surface area contributed by atoms with Crippen molar-refractivity contribution in [2.24, 2.45) is 0 Å². The first kappa shape index (κ1) is 22.9. The predicted octanol–water partition coefficient (Wildman–Crippen LogP) is 2.73. The summed E-state index contributed by atoms with van der Waals surface area (Å²) in [4.78, 5) is 47.8. The van der Waals surface area contributed by atoms with E-state index in [1.807, 2.05) is 0 Å². The molecule has 1 N–H and O–H groups in total. The molecule has 0 aliphatic rings. The summed E-state index contributed by atoms with van der Waals surface area (Å²) < 4.78 is 48.3. The van der Waals surface area contributed by atoms with E-state index in [0.29, 0.717) is 16.8 Å². The van der Waals surface area contributed by atoms with Crippen LogP contribution in [0, 0.1) is 0 Å². The largest absolute Gasteiger partial charge is 0.465 e. The van der Waals surface area contributed by atoms with Crippen molar-refractivity contribution in [1.82, 2.24) is 4.57 Å². The molecule has 0 spiro atoms. The molecule has 1 heterocycles. The number of hydrogen-bond acceptors (Lipinski definition) is 6. The van der Waals surface area contributed by atoms with Gasteiger partial charge in [0.05, 0.1) is 30.9 Å². The predicted molar refractivity (Wildman–Crippen MR) is 98.5 cm³/mol. The molecular weight excluding hydrogens is 433 g/mol. The number of pyridine rings is 1. The lowest BCUT2D eigenvalue weighted by Crippen LogP contribution is -2.29. The van der Waals surface area contributed by atoms with E-state index in [1.165, 1.54) is 18.2 Å². The minimum atomic E-state index is -4.78. The van der Waals surface area contributed by atoms with Gasteiger partial charge < -0.3 is 19.4 Å². The third kappa shape index (κ3) is 5.38. The van der Waals surface area contributed by atoms with Crippen molar-refractivity contribution in [3.63, 3.8) is 0 Å². The van der Waals surface area contributed by atoms with Gasteiger partial charge in [0.1, 0.15) is 11.6 Å². The third-order valence-electron chi connectivity index (χ3n) is 3.74. The summed E-state index contributed by atoms with van der Waals surface area (Å²) in [6, 6.07) is 3.99. The number of anilines is 1. The molecule has 2 rings (SSSR count). The van der Waals surface area contributed by atoms with Crippen LogP contribution in [0.25, 0.3) is 0 Å². The van der Waals surface area contributed by atoms with E-state index in [9.17, 15) is 32.3 Å². The second-order valence-electron chi connectivity index (χ2n) is 5.84. The van der Waals surface area contributed by atoms with Crippen LogP contribution in [0.2, 0.25) is 5.02 Å². The van der Waals surface area contributed by atoms with Gasteiger partial charge in [-0.05, 0) is 24.3 Å². The van der Waals surface area contributed by atoms with E-state index in [4.69, 9.17) is 11.6 Å². The fraction of sp³-hybridized carbons (Fsp3) is 0.222. The highest BCUT2D eigenvalue weighted by Gasteiger charge is 2.32. The average Bonchev–Trinajstić information content (AvgIpc) is 2.68. The van der Waals surface area contributed by atoms with Gasteiger partial charge in [-0.15, -0.1) is 0 Å². The number of benzene rings is 1. The van der Waals surface area contributed by atoms with E-state index in [-0.39, 0.29) is 16.8 Å². The fourth-order valence-corrected chi connectivity index (χ4v) is 2.62. The lowest BCUT2D eigenvalue weighted by Gasteiger charge is -2.13. The van der Waals surface area contributed by atoms with Crippen LogP contribution in [0.4, 0.5) is 18.9 Å². The van der Waals surface area contributed by atoms with Gasteiger partial charge in [-0.25, -0.2) is 9.59 Å². The van der Waals surface area contributed by atoms with Gasteiger partial charge in [-0.2, -0.15) is 13.2 Å². The van der Waals surface area contributed by atoms with E-state index in [2.05, 4.69) is 14.8 Å². The highest BCUT2D eigenvalue weighted by molar-refractivity contribution is 6.30. The molecule has 1 aromatic heterocycles. The van der Waals surface area contributed by atoms with Crippen LogP contribution in [0.1, 0.15) is 26.3 Å². The summed E-state index contributed by atoms with van der Waals surface area (Å²) in [6.45, 7) is -0.807. The molecule has 0 aliphatic heterocycles. The Morgan fingerprint density at radius 1 is 1.03 bits per heavy atom. The molecule has 0 radical (unpaired) electrons. The van der Waals surface area contributed by atoms with Crippen molar-refractivity contribution < 1.29 is 37.0 Å². The minimum absolute atomic E-state index is 0.0468. The SMILES string of the molecule is COC(=O)c1cc(NC(=O)Cn2cc(C(F)(F)F)cc(Cl)c2=O)cc(C(=O)OC)c1. The molecule has 1 aromatic carbocycles. The van der Waals surface area contributed by atoms with Crippen molar-refractivity contribution in [3.05, 3.63) is 62.5 Å². The number of halogens is 4. The van der Waals surface area contributed by atoms with Crippen LogP contribution in [-0.2, 0) is 27.0 Å². The van der Waals surface area contributed by atoms with Gasteiger partial charge in [-0.1, -0.05) is 11.6 Å². The van der Waals surface area contributed by atoms with E-state index in [0.717, 1.165) is 14.2 Å². The van der Waals surface area contributed by atoms with Crippen molar-refractivity contribution in [2.45, 2.75) is 12.7 Å². The first-order chi connectivity index (χ1) is 14.0. The monoisotopic (exact) mass is 446 g/mol. The number of carbonyl (C=O) groups excluding carboxylic acids is 3. The summed E-state index contributed by atoms with van der Waals surface area (Å²) >= 11 is 5.54. The van der Waals surface area contributed by atoms with Crippen LogP contribution in [0.15, 0.2) is 35.3 Å². The molecule has 0 bridgehead atoms. The minimum Gasteiger partial charge on any atom is -0.465 e. The molecule has 8 nitrogen and oxygen atoms in total. The Bertz CT molecular complexity index is 1030. The van der Waals surface area contributed by atoms with E-state index < -0.39 is 46.7 Å². The zero-order chi connectivity index (χ0) is 22.6. The molecule has 1 amide bonds. The lowest BCUT2D eigenvalue weighted by molar-refractivity contribution is -0.138. The number of rotatable bonds is 5. The number of ether oxygens (including phenoxy) is 2. The van der Waals surface area contributed by atoms with Gasteiger partial charge in [0.15, 0.2) is 0 Å². The number of hydrogen-bond donors (Lipinski definition) is 1. The zero-order valence-corrected chi connectivity index (χ0v) is 16.3. The summed E-state index contributed by atoms with van der Waals surface area (Å²) in [5.41, 5.74) is -2.43. The standard InChI is InChI=1S/C18H14ClF3N2O6/c1-29-16(27)9-3-10(17(28)30-2)5-12(4-9)23-14(25)8-24-7-11(18(20,21)22)6-13(19)15(24)26/h3-7H,8H2,1-2H3,(H,23,25). The van der Waals surface area contributed by atoms with Gasteiger partial charge in [-0.3, -0.25) is 9.59 Å². The highest BCUT2D eigenvalue weighted by atomic mass is 35.5. The molecule has 0 saturated carbocycles. The molecular formula is C18H14ClF3N2O6. The summed E-state index contributed by atoms with van der Waals surface area (Å²) in [6.07, 6.45) is -4.32. The van der Waals surface area contributed by atoms with Crippen molar-refractivity contribution >= 4 is 35.1 Å². The van der Waals surface area contributed by atoms with Crippen LogP contribution in [-0.4, -0.2) is 36.6 Å². The molecule has 0 saturated heterocycles. The van der Waals surface area contributed by atoms with Crippen molar-refractivity contribution in [2.75, 3.05) is 19.5 Å². The lowest BCUT2D eigenvalue weighted by atomic mass is 10.1. The molecule has 30 heavy (non-hydrogen) atoms. The number of esters is 2. The van der Waals surface area contributed by atoms with Crippen LogP contribution >= 0.6 is 11.6 Å². The maximum Gasteiger partial charge on any atom is 0.417 e. The molecule has 160 valence electrons. The van der Waals surface area contributed by atoms with Crippen molar-refractivity contribution in [1.29, 1.82) is 0 Å². The number of carbonyl (C=O) groups is 3. The molecule has 0 aliphatic carbocycles. The van der Waals surface area contributed by atoms with Crippen LogP contribution in [0.5, 0.6) is 0 Å². The Labute approximate surface area is 172 Å². The third-order valence-corrected chi connectivity index (χ3v) is 4.01. The number of alkyl halides is 3. The van der Waals surface area contributed by atoms with Gasteiger partial charge in [0.2, 0.25) is 5.91 Å². The quantitative estimate of drug-likeness (QED) is 0.708. The summed E-state index contributed by atoms with van der Waals surface area (Å²) in [5.74, 6) is -2.53. The van der Waals surface area contributed by atoms with Gasteiger partial charge in [0, 0.05) is 11.9 Å². The number of nitrogens with zero attached hydrogens (tertiary/aromatic N) is 1. The van der Waals surface area contributed by atoms with Crippen LogP contribution < -0.4 is 10.9 Å². The van der Waals surface area contributed by atoms with E-state index in [1.54, 1.807) is 0 Å². The van der Waals surface area contributed by atoms with Crippen LogP contribution in [0.3, 0.4) is 0 Å². The second kappa shape index (κ2) is 8.99.